The minimum absolute atomic E-state index is 0.0939. The van der Waals surface area contributed by atoms with E-state index in [0.717, 1.165) is 28.9 Å². The standard InChI is InChI=1S/C28H23N5OS/c34-26(30-25-14-8-7-11-23(25)19-21-9-3-1-4-10-21)20-35-28-32-31-27(22-15-17-29-18-16-22)33(28)24-12-5-2-6-13-24/h1-18H,19-20H2,(H,30,34). The fourth-order valence-corrected chi connectivity index (χ4v) is 4.54. The first kappa shape index (κ1) is 22.6. The molecule has 0 unspecified atom stereocenters. The molecule has 0 atom stereocenters. The fourth-order valence-electron chi connectivity index (χ4n) is 3.79. The predicted molar refractivity (Wildman–Crippen MR) is 140 cm³/mol. The van der Waals surface area contributed by atoms with Crippen molar-refractivity contribution in [1.29, 1.82) is 0 Å². The number of aromatic nitrogens is 4. The lowest BCUT2D eigenvalue weighted by Crippen LogP contribution is -2.16. The van der Waals surface area contributed by atoms with Crippen LogP contribution in [0.1, 0.15) is 11.1 Å². The molecule has 0 bridgehead atoms. The Morgan fingerprint density at radius 1 is 0.800 bits per heavy atom. The van der Waals surface area contributed by atoms with Crippen LogP contribution in [0.25, 0.3) is 17.1 Å². The van der Waals surface area contributed by atoms with E-state index >= 15 is 0 Å². The number of carbonyl (C=O) groups excluding carboxylic acids is 1. The van der Waals surface area contributed by atoms with E-state index in [1.807, 2.05) is 89.5 Å². The summed E-state index contributed by atoms with van der Waals surface area (Å²) in [4.78, 5) is 17.0. The molecule has 1 N–H and O–H groups in total. The Hall–Kier alpha value is -4.23. The molecule has 3 aromatic carbocycles. The zero-order valence-electron chi connectivity index (χ0n) is 18.9. The Kier molecular flexibility index (Phi) is 6.96. The van der Waals surface area contributed by atoms with Crippen LogP contribution in [0, 0.1) is 0 Å². The van der Waals surface area contributed by atoms with Gasteiger partial charge in [0.2, 0.25) is 5.91 Å². The lowest BCUT2D eigenvalue weighted by molar-refractivity contribution is -0.113. The van der Waals surface area contributed by atoms with E-state index in [2.05, 4.69) is 32.6 Å². The molecule has 5 rings (SSSR count). The quantitative estimate of drug-likeness (QED) is 0.292. The molecule has 0 aliphatic rings. The van der Waals surface area contributed by atoms with Crippen molar-refractivity contribution in [2.75, 3.05) is 11.1 Å². The van der Waals surface area contributed by atoms with E-state index in [1.165, 1.54) is 17.3 Å². The van der Waals surface area contributed by atoms with E-state index in [-0.39, 0.29) is 11.7 Å². The van der Waals surface area contributed by atoms with Gasteiger partial charge in [0.15, 0.2) is 11.0 Å². The maximum Gasteiger partial charge on any atom is 0.234 e. The van der Waals surface area contributed by atoms with Gasteiger partial charge in [-0.1, -0.05) is 78.5 Å². The van der Waals surface area contributed by atoms with E-state index in [0.29, 0.717) is 11.0 Å². The molecule has 0 saturated carbocycles. The van der Waals surface area contributed by atoms with Crippen molar-refractivity contribution in [3.05, 3.63) is 121 Å². The van der Waals surface area contributed by atoms with Gasteiger partial charge in [-0.3, -0.25) is 14.3 Å². The monoisotopic (exact) mass is 477 g/mol. The van der Waals surface area contributed by atoms with Gasteiger partial charge >= 0.3 is 0 Å². The zero-order valence-corrected chi connectivity index (χ0v) is 19.7. The highest BCUT2D eigenvalue weighted by Crippen LogP contribution is 2.28. The smallest absolute Gasteiger partial charge is 0.234 e. The van der Waals surface area contributed by atoms with Crippen LogP contribution < -0.4 is 5.32 Å². The summed E-state index contributed by atoms with van der Waals surface area (Å²) in [5.74, 6) is 0.819. The Balaban J connectivity index is 1.34. The molecule has 6 nitrogen and oxygen atoms in total. The number of benzene rings is 3. The molecule has 0 radical (unpaired) electrons. The summed E-state index contributed by atoms with van der Waals surface area (Å²) in [6, 6.07) is 31.8. The topological polar surface area (TPSA) is 72.7 Å². The molecule has 0 aliphatic heterocycles. The Bertz CT molecular complexity index is 1410. The molecular weight excluding hydrogens is 454 g/mol. The van der Waals surface area contributed by atoms with Crippen molar-refractivity contribution in [3.8, 4) is 17.1 Å². The highest BCUT2D eigenvalue weighted by atomic mass is 32.2. The second kappa shape index (κ2) is 10.8. The summed E-state index contributed by atoms with van der Waals surface area (Å²) in [7, 11) is 0. The number of amides is 1. The predicted octanol–water partition coefficient (Wildman–Crippen LogP) is 5.65. The molecule has 7 heteroatoms. The number of carbonyl (C=O) groups is 1. The summed E-state index contributed by atoms with van der Waals surface area (Å²) in [5.41, 5.74) is 4.93. The van der Waals surface area contributed by atoms with Gasteiger partial charge in [0.25, 0.3) is 0 Å². The van der Waals surface area contributed by atoms with E-state index in [4.69, 9.17) is 0 Å². The number of nitrogens with one attached hydrogen (secondary N) is 1. The number of pyridine rings is 1. The third-order valence-electron chi connectivity index (χ3n) is 5.45. The van der Waals surface area contributed by atoms with Gasteiger partial charge in [0.05, 0.1) is 5.75 Å². The highest BCUT2D eigenvalue weighted by molar-refractivity contribution is 7.99. The summed E-state index contributed by atoms with van der Waals surface area (Å²) >= 11 is 1.36. The average molecular weight is 478 g/mol. The molecule has 2 aromatic heterocycles. The fraction of sp³-hybridized carbons (Fsp3) is 0.0714. The first-order chi connectivity index (χ1) is 17.3. The maximum atomic E-state index is 12.9. The normalized spacial score (nSPS) is 10.7. The average Bonchev–Trinajstić information content (AvgIpc) is 3.34. The van der Waals surface area contributed by atoms with Gasteiger partial charge in [-0.2, -0.15) is 0 Å². The van der Waals surface area contributed by atoms with Crippen LogP contribution in [0.4, 0.5) is 5.69 Å². The van der Waals surface area contributed by atoms with E-state index in [1.54, 1.807) is 12.4 Å². The lowest BCUT2D eigenvalue weighted by Gasteiger charge is -2.12. The first-order valence-corrected chi connectivity index (χ1v) is 12.2. The van der Waals surface area contributed by atoms with Crippen molar-refractivity contribution in [2.45, 2.75) is 11.6 Å². The zero-order chi connectivity index (χ0) is 23.9. The third kappa shape index (κ3) is 5.47. The molecule has 35 heavy (non-hydrogen) atoms. The van der Waals surface area contributed by atoms with Gasteiger partial charge in [0.1, 0.15) is 0 Å². The molecule has 172 valence electrons. The van der Waals surface area contributed by atoms with Crippen molar-refractivity contribution < 1.29 is 4.79 Å². The molecule has 0 spiro atoms. The minimum atomic E-state index is -0.0939. The van der Waals surface area contributed by atoms with Crippen LogP contribution >= 0.6 is 11.8 Å². The second-order valence-corrected chi connectivity index (χ2v) is 8.81. The molecule has 0 fully saturated rings. The van der Waals surface area contributed by atoms with Crippen molar-refractivity contribution in [3.63, 3.8) is 0 Å². The van der Waals surface area contributed by atoms with Crippen LogP contribution in [-0.4, -0.2) is 31.4 Å². The largest absolute Gasteiger partial charge is 0.325 e. The number of thioether (sulfide) groups is 1. The Labute approximate surface area is 208 Å². The van der Waals surface area contributed by atoms with Crippen LogP contribution in [0.2, 0.25) is 0 Å². The van der Waals surface area contributed by atoms with Gasteiger partial charge in [-0.25, -0.2) is 0 Å². The minimum Gasteiger partial charge on any atom is -0.325 e. The van der Waals surface area contributed by atoms with Crippen molar-refractivity contribution >= 4 is 23.4 Å². The molecular formula is C28H23N5OS. The van der Waals surface area contributed by atoms with E-state index < -0.39 is 0 Å². The number of hydrogen-bond acceptors (Lipinski definition) is 5. The third-order valence-corrected chi connectivity index (χ3v) is 6.38. The molecule has 5 aromatic rings. The lowest BCUT2D eigenvalue weighted by atomic mass is 10.0. The first-order valence-electron chi connectivity index (χ1n) is 11.2. The summed E-state index contributed by atoms with van der Waals surface area (Å²) < 4.78 is 1.97. The van der Waals surface area contributed by atoms with Crippen LogP contribution in [0.3, 0.4) is 0 Å². The Morgan fingerprint density at radius 2 is 1.49 bits per heavy atom. The van der Waals surface area contributed by atoms with Gasteiger partial charge in [0, 0.05) is 29.3 Å². The second-order valence-electron chi connectivity index (χ2n) is 7.87. The number of anilines is 1. The van der Waals surface area contributed by atoms with Crippen LogP contribution in [0.5, 0.6) is 0 Å². The van der Waals surface area contributed by atoms with Gasteiger partial charge in [-0.05, 0) is 47.9 Å². The van der Waals surface area contributed by atoms with Crippen LogP contribution in [0.15, 0.2) is 115 Å². The number of rotatable bonds is 8. The number of hydrogen-bond donors (Lipinski definition) is 1. The van der Waals surface area contributed by atoms with Crippen molar-refractivity contribution in [1.82, 2.24) is 19.7 Å². The summed E-state index contributed by atoms with van der Waals surface area (Å²) in [6.45, 7) is 0. The SMILES string of the molecule is O=C(CSc1nnc(-c2ccncc2)n1-c1ccccc1)Nc1ccccc1Cc1ccccc1. The highest BCUT2D eigenvalue weighted by Gasteiger charge is 2.17. The molecule has 0 aliphatic carbocycles. The maximum absolute atomic E-state index is 12.9. The molecule has 2 heterocycles. The number of nitrogens with zero attached hydrogens (tertiary/aromatic N) is 4. The molecule has 1 amide bonds. The van der Waals surface area contributed by atoms with Crippen molar-refractivity contribution in [2.24, 2.45) is 0 Å². The molecule has 0 saturated heterocycles. The Morgan fingerprint density at radius 3 is 2.26 bits per heavy atom. The van der Waals surface area contributed by atoms with Gasteiger partial charge in [-0.15, -0.1) is 10.2 Å². The van der Waals surface area contributed by atoms with Crippen LogP contribution in [-0.2, 0) is 11.2 Å². The number of para-hydroxylation sites is 2. The van der Waals surface area contributed by atoms with Gasteiger partial charge < -0.3 is 5.32 Å². The summed E-state index contributed by atoms with van der Waals surface area (Å²) in [6.07, 6.45) is 4.21. The summed E-state index contributed by atoms with van der Waals surface area (Å²) in [5, 5.41) is 12.5. The van der Waals surface area contributed by atoms with E-state index in [9.17, 15) is 4.79 Å².